The van der Waals surface area contributed by atoms with Gasteiger partial charge in [-0.2, -0.15) is 5.26 Å². The molecule has 0 N–H and O–H groups in total. The van der Waals surface area contributed by atoms with Crippen LogP contribution in [0.3, 0.4) is 0 Å². The summed E-state index contributed by atoms with van der Waals surface area (Å²) in [5, 5.41) is 8.94. The van der Waals surface area contributed by atoms with E-state index < -0.39 is 0 Å². The minimum absolute atomic E-state index is 0.0474. The Kier molecular flexibility index (Phi) is 4.39. The van der Waals surface area contributed by atoms with Crippen LogP contribution in [-0.2, 0) is 0 Å². The topological polar surface area (TPSA) is 44.1 Å². The highest BCUT2D eigenvalue weighted by atomic mass is 35.5. The number of hydrogen-bond donors (Lipinski definition) is 0. The van der Waals surface area contributed by atoms with Gasteiger partial charge in [-0.05, 0) is 12.1 Å². The van der Waals surface area contributed by atoms with Gasteiger partial charge in [0.2, 0.25) is 0 Å². The summed E-state index contributed by atoms with van der Waals surface area (Å²) < 4.78 is 0. The number of carbonyl (C=O) groups is 1. The van der Waals surface area contributed by atoms with Crippen molar-refractivity contribution in [2.75, 3.05) is 13.1 Å². The van der Waals surface area contributed by atoms with E-state index in [1.807, 2.05) is 6.07 Å². The van der Waals surface area contributed by atoms with Crippen molar-refractivity contribution in [1.29, 1.82) is 5.26 Å². The van der Waals surface area contributed by atoms with E-state index in [9.17, 15) is 4.79 Å². The van der Waals surface area contributed by atoms with E-state index in [2.05, 4.69) is 5.92 Å². The number of terminal acetylenes is 1. The second-order valence-electron chi connectivity index (χ2n) is 3.00. The summed E-state index contributed by atoms with van der Waals surface area (Å²) in [7, 11) is 0. The standard InChI is InChI=1S/C12H9ClN2O/c1-2-8-15(9-7-14)12(16)10-5-3-4-6-11(10)13/h1,3-6H,8-9H2. The van der Waals surface area contributed by atoms with Gasteiger partial charge in [0.15, 0.2) is 0 Å². The molecule has 4 heteroatoms. The molecule has 1 aromatic carbocycles. The Morgan fingerprint density at radius 2 is 2.12 bits per heavy atom. The van der Waals surface area contributed by atoms with E-state index in [0.717, 1.165) is 0 Å². The van der Waals surface area contributed by atoms with E-state index in [0.29, 0.717) is 10.6 Å². The number of rotatable bonds is 3. The summed E-state index contributed by atoms with van der Waals surface area (Å²) in [6.07, 6.45) is 5.13. The first-order valence-electron chi connectivity index (χ1n) is 4.55. The highest BCUT2D eigenvalue weighted by Gasteiger charge is 2.16. The van der Waals surface area contributed by atoms with Crippen LogP contribution in [0.2, 0.25) is 5.02 Å². The van der Waals surface area contributed by atoms with E-state index in [4.69, 9.17) is 23.3 Å². The Bertz CT molecular complexity index is 455. The van der Waals surface area contributed by atoms with Gasteiger partial charge in [-0.3, -0.25) is 4.79 Å². The van der Waals surface area contributed by atoms with E-state index in [1.54, 1.807) is 24.3 Å². The Balaban J connectivity index is 2.96. The van der Waals surface area contributed by atoms with Gasteiger partial charge in [0.25, 0.3) is 5.91 Å². The van der Waals surface area contributed by atoms with Gasteiger partial charge in [0, 0.05) is 0 Å². The average molecular weight is 233 g/mol. The molecule has 1 aromatic rings. The summed E-state index contributed by atoms with van der Waals surface area (Å²) in [6.45, 7) is 0.0475. The largest absolute Gasteiger partial charge is 0.314 e. The zero-order valence-electron chi connectivity index (χ0n) is 8.48. The Hall–Kier alpha value is -1.97. The number of carbonyl (C=O) groups excluding carboxylic acids is 1. The SMILES string of the molecule is C#CCN(CC#N)C(=O)c1ccccc1Cl. The van der Waals surface area contributed by atoms with Crippen molar-refractivity contribution >= 4 is 17.5 Å². The molecule has 80 valence electrons. The summed E-state index contributed by atoms with van der Waals surface area (Å²) in [5.41, 5.74) is 0.356. The van der Waals surface area contributed by atoms with Crippen molar-refractivity contribution in [2.24, 2.45) is 0 Å². The number of benzene rings is 1. The van der Waals surface area contributed by atoms with Gasteiger partial charge in [-0.15, -0.1) is 6.42 Å². The lowest BCUT2D eigenvalue weighted by molar-refractivity contribution is 0.0795. The van der Waals surface area contributed by atoms with Crippen molar-refractivity contribution in [1.82, 2.24) is 4.90 Å². The van der Waals surface area contributed by atoms with Gasteiger partial charge in [-0.1, -0.05) is 29.7 Å². The lowest BCUT2D eigenvalue weighted by atomic mass is 10.2. The Morgan fingerprint density at radius 1 is 1.44 bits per heavy atom. The molecule has 0 bridgehead atoms. The molecule has 0 spiro atoms. The molecule has 3 nitrogen and oxygen atoms in total. The molecule has 16 heavy (non-hydrogen) atoms. The van der Waals surface area contributed by atoms with Crippen LogP contribution in [0.1, 0.15) is 10.4 Å². The molecular formula is C12H9ClN2O. The molecule has 0 atom stereocenters. The van der Waals surface area contributed by atoms with Crippen molar-refractivity contribution in [2.45, 2.75) is 0 Å². The molecule has 1 amide bonds. The van der Waals surface area contributed by atoms with Crippen LogP contribution in [0.15, 0.2) is 24.3 Å². The van der Waals surface area contributed by atoms with Crippen LogP contribution in [-0.4, -0.2) is 23.9 Å². The number of halogens is 1. The van der Waals surface area contributed by atoms with Crippen molar-refractivity contribution < 1.29 is 4.79 Å². The molecule has 0 saturated carbocycles. The average Bonchev–Trinajstić information content (AvgIpc) is 2.28. The molecular weight excluding hydrogens is 224 g/mol. The number of hydrogen-bond acceptors (Lipinski definition) is 2. The molecule has 0 aliphatic carbocycles. The second-order valence-corrected chi connectivity index (χ2v) is 3.41. The first-order valence-corrected chi connectivity index (χ1v) is 4.92. The number of nitrogens with zero attached hydrogens (tertiary/aromatic N) is 2. The van der Waals surface area contributed by atoms with Crippen LogP contribution < -0.4 is 0 Å². The van der Waals surface area contributed by atoms with Crippen LogP contribution in [0.4, 0.5) is 0 Å². The minimum Gasteiger partial charge on any atom is -0.314 e. The fourth-order valence-corrected chi connectivity index (χ4v) is 1.42. The molecule has 0 unspecified atom stereocenters. The predicted molar refractivity (Wildman–Crippen MR) is 61.8 cm³/mol. The van der Waals surface area contributed by atoms with Crippen LogP contribution in [0.5, 0.6) is 0 Å². The maximum Gasteiger partial charge on any atom is 0.257 e. The Morgan fingerprint density at radius 3 is 2.69 bits per heavy atom. The highest BCUT2D eigenvalue weighted by molar-refractivity contribution is 6.33. The van der Waals surface area contributed by atoms with Crippen LogP contribution >= 0.6 is 11.6 Å². The third-order valence-corrected chi connectivity index (χ3v) is 2.26. The van der Waals surface area contributed by atoms with E-state index >= 15 is 0 Å². The smallest absolute Gasteiger partial charge is 0.257 e. The lowest BCUT2D eigenvalue weighted by Crippen LogP contribution is -2.31. The molecule has 0 aliphatic heterocycles. The van der Waals surface area contributed by atoms with E-state index in [1.165, 1.54) is 4.90 Å². The highest BCUT2D eigenvalue weighted by Crippen LogP contribution is 2.16. The third kappa shape index (κ3) is 2.76. The molecule has 0 fully saturated rings. The van der Waals surface area contributed by atoms with Crippen molar-refractivity contribution in [3.8, 4) is 18.4 Å². The zero-order chi connectivity index (χ0) is 12.0. The van der Waals surface area contributed by atoms with Gasteiger partial charge in [0.1, 0.15) is 6.54 Å². The zero-order valence-corrected chi connectivity index (χ0v) is 9.24. The molecule has 0 aliphatic rings. The number of nitriles is 1. The van der Waals surface area contributed by atoms with Gasteiger partial charge in [0.05, 0.1) is 23.2 Å². The summed E-state index contributed by atoms with van der Waals surface area (Å²) in [5.74, 6) is 2.01. The number of amides is 1. The third-order valence-electron chi connectivity index (χ3n) is 1.94. The fourth-order valence-electron chi connectivity index (χ4n) is 1.20. The summed E-state index contributed by atoms with van der Waals surface area (Å²) in [4.78, 5) is 13.2. The molecule has 1 rings (SSSR count). The monoisotopic (exact) mass is 232 g/mol. The molecule has 0 radical (unpaired) electrons. The van der Waals surface area contributed by atoms with Gasteiger partial charge in [-0.25, -0.2) is 0 Å². The maximum absolute atomic E-state index is 11.9. The maximum atomic E-state index is 11.9. The van der Waals surface area contributed by atoms with E-state index in [-0.39, 0.29) is 19.0 Å². The van der Waals surface area contributed by atoms with Gasteiger partial charge < -0.3 is 4.90 Å². The van der Waals surface area contributed by atoms with Crippen molar-refractivity contribution in [3.63, 3.8) is 0 Å². The Labute approximate surface area is 99.2 Å². The quantitative estimate of drug-likeness (QED) is 0.591. The lowest BCUT2D eigenvalue weighted by Gasteiger charge is -2.17. The first kappa shape index (κ1) is 12.1. The summed E-state index contributed by atoms with van der Waals surface area (Å²) in [6, 6.07) is 8.55. The second kappa shape index (κ2) is 5.80. The van der Waals surface area contributed by atoms with Crippen molar-refractivity contribution in [3.05, 3.63) is 34.9 Å². The molecule has 0 heterocycles. The normalized spacial score (nSPS) is 8.94. The molecule has 0 saturated heterocycles. The van der Waals surface area contributed by atoms with Crippen LogP contribution in [0, 0.1) is 23.7 Å². The van der Waals surface area contributed by atoms with Gasteiger partial charge >= 0.3 is 0 Å². The first-order chi connectivity index (χ1) is 7.70. The minimum atomic E-state index is -0.329. The van der Waals surface area contributed by atoms with Crippen LogP contribution in [0.25, 0.3) is 0 Å². The molecule has 0 aromatic heterocycles. The fraction of sp³-hybridized carbons (Fsp3) is 0.167. The predicted octanol–water partition coefficient (Wildman–Crippen LogP) is 1.94. The summed E-state index contributed by atoms with van der Waals surface area (Å²) >= 11 is 5.88.